The Bertz CT molecular complexity index is 818. The first-order valence-electron chi connectivity index (χ1n) is 7.34. The molecule has 5 nitrogen and oxygen atoms in total. The molecular formula is C18H16ClNO4. The van der Waals surface area contributed by atoms with Gasteiger partial charge in [-0.15, -0.1) is 0 Å². The van der Waals surface area contributed by atoms with Gasteiger partial charge in [0.1, 0.15) is 5.75 Å². The number of carbonyl (C=O) groups excluding carboxylic acids is 2. The molecule has 1 aliphatic rings. The molecule has 0 saturated heterocycles. The number of methoxy groups -OCH3 is 1. The number of hydrogen-bond donors (Lipinski definition) is 1. The molecule has 1 heterocycles. The number of carbonyl (C=O) groups is 2. The predicted molar refractivity (Wildman–Crippen MR) is 90.7 cm³/mol. The molecule has 2 aromatic rings. The fraction of sp³-hybridized carbons (Fsp3) is 0.222. The number of hydrogen-bond acceptors (Lipinski definition) is 4. The molecule has 0 bridgehead atoms. The highest BCUT2D eigenvalue weighted by Gasteiger charge is 2.49. The molecule has 0 radical (unpaired) electrons. The number of aliphatic hydroxyl groups is 1. The summed E-state index contributed by atoms with van der Waals surface area (Å²) in [5, 5.41) is 11.3. The van der Waals surface area contributed by atoms with Crippen LogP contribution in [0.3, 0.4) is 0 Å². The largest absolute Gasteiger partial charge is 0.497 e. The molecule has 0 aromatic heterocycles. The van der Waals surface area contributed by atoms with Crippen LogP contribution in [0.4, 0.5) is 5.69 Å². The van der Waals surface area contributed by atoms with E-state index in [1.807, 2.05) is 0 Å². The third kappa shape index (κ3) is 2.56. The van der Waals surface area contributed by atoms with Crippen molar-refractivity contribution in [2.24, 2.45) is 0 Å². The van der Waals surface area contributed by atoms with Gasteiger partial charge in [-0.1, -0.05) is 11.6 Å². The summed E-state index contributed by atoms with van der Waals surface area (Å²) in [6.07, 6.45) is -0.351. The van der Waals surface area contributed by atoms with E-state index in [-0.39, 0.29) is 12.2 Å². The first-order valence-corrected chi connectivity index (χ1v) is 7.72. The van der Waals surface area contributed by atoms with Gasteiger partial charge in [-0.2, -0.15) is 0 Å². The molecule has 0 fully saturated rings. The van der Waals surface area contributed by atoms with Crippen LogP contribution in [0.2, 0.25) is 5.02 Å². The van der Waals surface area contributed by atoms with Gasteiger partial charge in [0, 0.05) is 23.2 Å². The van der Waals surface area contributed by atoms with E-state index in [4.69, 9.17) is 16.3 Å². The number of ketones is 1. The maximum Gasteiger partial charge on any atom is 0.263 e. The van der Waals surface area contributed by atoms with Gasteiger partial charge in [0.05, 0.1) is 19.2 Å². The van der Waals surface area contributed by atoms with Crippen molar-refractivity contribution in [3.05, 3.63) is 58.6 Å². The Hall–Kier alpha value is -2.37. The second-order valence-corrected chi connectivity index (χ2v) is 6.15. The van der Waals surface area contributed by atoms with E-state index in [2.05, 4.69) is 0 Å². The van der Waals surface area contributed by atoms with Crippen molar-refractivity contribution in [2.75, 3.05) is 19.1 Å². The lowest BCUT2D eigenvalue weighted by atomic mass is 9.88. The zero-order valence-corrected chi connectivity index (χ0v) is 14.0. The van der Waals surface area contributed by atoms with Crippen LogP contribution >= 0.6 is 11.6 Å². The van der Waals surface area contributed by atoms with Gasteiger partial charge in [-0.25, -0.2) is 0 Å². The van der Waals surface area contributed by atoms with Gasteiger partial charge >= 0.3 is 0 Å². The summed E-state index contributed by atoms with van der Waals surface area (Å²) < 4.78 is 5.06. The predicted octanol–water partition coefficient (Wildman–Crippen LogP) is 2.79. The molecule has 2 aromatic carbocycles. The highest BCUT2D eigenvalue weighted by Crippen LogP contribution is 2.43. The van der Waals surface area contributed by atoms with Crippen LogP contribution in [0, 0.1) is 0 Å². The highest BCUT2D eigenvalue weighted by atomic mass is 35.5. The number of Topliss-reactive ketones (excluding diaryl/α,β-unsaturated/α-hetero) is 1. The van der Waals surface area contributed by atoms with Crippen molar-refractivity contribution in [3.8, 4) is 5.75 Å². The first-order chi connectivity index (χ1) is 11.4. The molecule has 0 saturated carbocycles. The molecule has 124 valence electrons. The third-order valence-corrected chi connectivity index (χ3v) is 4.49. The number of anilines is 1. The number of rotatable bonds is 4. The van der Waals surface area contributed by atoms with Gasteiger partial charge in [0.25, 0.3) is 5.91 Å². The Balaban J connectivity index is 1.95. The molecule has 0 spiro atoms. The number of likely N-dealkylation sites (N-methyl/N-ethyl adjacent to an activating group) is 1. The number of nitrogens with zero attached hydrogens (tertiary/aromatic N) is 1. The maximum absolute atomic E-state index is 12.5. The molecule has 3 rings (SSSR count). The SMILES string of the molecule is COc1ccc(C(=O)C[C@@]2(O)C(=O)N(C)c3ccc(Cl)cc32)cc1. The normalized spacial score (nSPS) is 19.3. The van der Waals surface area contributed by atoms with Crippen LogP contribution in [0.25, 0.3) is 0 Å². The second-order valence-electron chi connectivity index (χ2n) is 5.71. The van der Waals surface area contributed by atoms with Crippen molar-refractivity contribution in [2.45, 2.75) is 12.0 Å². The van der Waals surface area contributed by atoms with E-state index in [9.17, 15) is 14.7 Å². The minimum atomic E-state index is -1.91. The minimum Gasteiger partial charge on any atom is -0.497 e. The molecule has 1 atom stereocenters. The topological polar surface area (TPSA) is 66.8 Å². The van der Waals surface area contributed by atoms with Gasteiger partial charge in [0.2, 0.25) is 0 Å². The Morgan fingerprint density at radius 2 is 1.92 bits per heavy atom. The number of ether oxygens (including phenoxy) is 1. The Morgan fingerprint density at radius 3 is 2.54 bits per heavy atom. The van der Waals surface area contributed by atoms with Gasteiger partial charge in [-0.3, -0.25) is 9.59 Å². The molecule has 0 unspecified atom stereocenters. The van der Waals surface area contributed by atoms with E-state index in [0.29, 0.717) is 27.6 Å². The zero-order chi connectivity index (χ0) is 17.5. The monoisotopic (exact) mass is 345 g/mol. The van der Waals surface area contributed by atoms with Gasteiger partial charge in [-0.05, 0) is 42.5 Å². The Kier molecular flexibility index (Phi) is 4.07. The van der Waals surface area contributed by atoms with Crippen molar-refractivity contribution in [1.82, 2.24) is 0 Å². The molecular weight excluding hydrogens is 330 g/mol. The van der Waals surface area contributed by atoms with E-state index < -0.39 is 11.5 Å². The van der Waals surface area contributed by atoms with Crippen LogP contribution in [-0.4, -0.2) is 31.0 Å². The van der Waals surface area contributed by atoms with E-state index in [1.54, 1.807) is 43.4 Å². The minimum absolute atomic E-state index is 0.338. The molecule has 1 amide bonds. The lowest BCUT2D eigenvalue weighted by molar-refractivity contribution is -0.135. The molecule has 1 N–H and O–H groups in total. The summed E-state index contributed by atoms with van der Waals surface area (Å²) in [6.45, 7) is 0. The van der Waals surface area contributed by atoms with Crippen LogP contribution < -0.4 is 9.64 Å². The fourth-order valence-electron chi connectivity index (χ4n) is 2.92. The summed E-state index contributed by atoms with van der Waals surface area (Å²) in [7, 11) is 3.10. The van der Waals surface area contributed by atoms with E-state index in [1.165, 1.54) is 18.1 Å². The Labute approximate surface area is 144 Å². The number of fused-ring (bicyclic) bond motifs is 1. The summed E-state index contributed by atoms with van der Waals surface area (Å²) in [6, 6.07) is 11.3. The first kappa shape index (κ1) is 16.5. The van der Waals surface area contributed by atoms with Crippen molar-refractivity contribution in [3.63, 3.8) is 0 Å². The molecule has 6 heteroatoms. The standard InChI is InChI=1S/C18H16ClNO4/c1-20-15-8-5-12(19)9-14(15)18(23,17(20)22)10-16(21)11-3-6-13(24-2)7-4-11/h3-9,23H,10H2,1-2H3/t18-/m0/s1. The van der Waals surface area contributed by atoms with Crippen molar-refractivity contribution in [1.29, 1.82) is 0 Å². The summed E-state index contributed by atoms with van der Waals surface area (Å²) in [4.78, 5) is 26.4. The third-order valence-electron chi connectivity index (χ3n) is 4.25. The summed E-state index contributed by atoms with van der Waals surface area (Å²) >= 11 is 5.99. The van der Waals surface area contributed by atoms with Crippen LogP contribution in [0.1, 0.15) is 22.3 Å². The summed E-state index contributed by atoms with van der Waals surface area (Å²) in [5.41, 5.74) is -0.611. The molecule has 1 aliphatic heterocycles. The zero-order valence-electron chi connectivity index (χ0n) is 13.2. The maximum atomic E-state index is 12.5. The van der Waals surface area contributed by atoms with Crippen LogP contribution in [0.5, 0.6) is 5.75 Å². The smallest absolute Gasteiger partial charge is 0.263 e. The van der Waals surface area contributed by atoms with Crippen LogP contribution in [-0.2, 0) is 10.4 Å². The van der Waals surface area contributed by atoms with E-state index in [0.717, 1.165) is 0 Å². The van der Waals surface area contributed by atoms with Gasteiger partial charge < -0.3 is 14.7 Å². The lowest BCUT2D eigenvalue weighted by Crippen LogP contribution is -2.40. The van der Waals surface area contributed by atoms with Crippen molar-refractivity contribution < 1.29 is 19.4 Å². The number of benzene rings is 2. The number of halogens is 1. The second kappa shape index (κ2) is 5.92. The average Bonchev–Trinajstić information content (AvgIpc) is 2.76. The lowest BCUT2D eigenvalue weighted by Gasteiger charge is -2.21. The average molecular weight is 346 g/mol. The quantitative estimate of drug-likeness (QED) is 0.865. The molecule has 24 heavy (non-hydrogen) atoms. The van der Waals surface area contributed by atoms with Gasteiger partial charge in [0.15, 0.2) is 11.4 Å². The van der Waals surface area contributed by atoms with Crippen LogP contribution in [0.15, 0.2) is 42.5 Å². The molecule has 0 aliphatic carbocycles. The van der Waals surface area contributed by atoms with E-state index >= 15 is 0 Å². The summed E-state index contributed by atoms with van der Waals surface area (Å²) in [5.74, 6) is -0.254. The highest BCUT2D eigenvalue weighted by molar-refractivity contribution is 6.31. The van der Waals surface area contributed by atoms with Crippen molar-refractivity contribution >= 4 is 29.0 Å². The Morgan fingerprint density at radius 1 is 1.25 bits per heavy atom. The number of amides is 1. The fourth-order valence-corrected chi connectivity index (χ4v) is 3.09.